The van der Waals surface area contributed by atoms with Gasteiger partial charge in [0.2, 0.25) is 6.10 Å². The zero-order valence-electron chi connectivity index (χ0n) is 17.2. The highest BCUT2D eigenvalue weighted by Crippen LogP contribution is 2.94. The second-order valence-corrected chi connectivity index (χ2v) is 8.83. The molecule has 4 nitrogen and oxygen atoms in total. The molecule has 2 saturated carbocycles. The number of hydrogen-bond acceptors (Lipinski definition) is 4. The molecule has 0 radical (unpaired) electrons. The Kier molecular flexibility index (Phi) is 5.25. The first kappa shape index (κ1) is 22.2. The van der Waals surface area contributed by atoms with Crippen molar-refractivity contribution in [3.05, 3.63) is 71.3 Å². The molecule has 0 N–H and O–H groups in total. The Morgan fingerprint density at radius 2 is 1.75 bits per heavy atom. The van der Waals surface area contributed by atoms with Crippen molar-refractivity contribution in [1.82, 2.24) is 0 Å². The molecular weight excluding hydrogens is 443 g/mol. The van der Waals surface area contributed by atoms with Crippen LogP contribution in [0, 0.1) is 34.0 Å². The van der Waals surface area contributed by atoms with E-state index in [1.807, 2.05) is 24.3 Å². The summed E-state index contributed by atoms with van der Waals surface area (Å²) in [5.74, 6) is -0.571. The van der Waals surface area contributed by atoms with E-state index < -0.39 is 45.9 Å². The Hall–Kier alpha value is -2.98. The van der Waals surface area contributed by atoms with Gasteiger partial charge < -0.3 is 9.47 Å². The number of benzene rings is 2. The summed E-state index contributed by atoms with van der Waals surface area (Å²) in [4.78, 5) is 12.7. The van der Waals surface area contributed by atoms with E-state index in [1.54, 1.807) is 50.2 Å². The van der Waals surface area contributed by atoms with E-state index in [4.69, 9.17) is 21.1 Å². The fourth-order valence-corrected chi connectivity index (χ4v) is 4.94. The number of nitrogens with zero attached hydrogens (tertiary/aromatic N) is 1. The van der Waals surface area contributed by atoms with E-state index in [9.17, 15) is 23.2 Å². The van der Waals surface area contributed by atoms with Crippen molar-refractivity contribution in [3.8, 4) is 17.6 Å². The Balaban J connectivity index is 1.43. The van der Waals surface area contributed by atoms with Gasteiger partial charge in [-0.25, -0.2) is 0 Å². The highest BCUT2D eigenvalue weighted by Gasteiger charge is 2.94. The smallest absolute Gasteiger partial charge is 0.426 e. The molecule has 2 aromatic rings. The van der Waals surface area contributed by atoms with Crippen molar-refractivity contribution >= 4 is 17.6 Å². The van der Waals surface area contributed by atoms with Crippen LogP contribution in [0.3, 0.4) is 0 Å². The number of nitriles is 1. The van der Waals surface area contributed by atoms with Crippen LogP contribution in [0.5, 0.6) is 11.5 Å². The summed E-state index contributed by atoms with van der Waals surface area (Å²) in [5.41, 5.74) is -0.878. The van der Waals surface area contributed by atoms with E-state index in [0.717, 1.165) is 6.08 Å². The minimum absolute atomic E-state index is 0.440. The number of halogens is 4. The van der Waals surface area contributed by atoms with Crippen LogP contribution >= 0.6 is 11.6 Å². The summed E-state index contributed by atoms with van der Waals surface area (Å²) in [6.07, 6.45) is -4.81. The molecule has 0 amide bonds. The van der Waals surface area contributed by atoms with Gasteiger partial charge >= 0.3 is 12.1 Å². The van der Waals surface area contributed by atoms with Crippen LogP contribution in [0.25, 0.3) is 0 Å². The number of alkyl halides is 3. The van der Waals surface area contributed by atoms with Gasteiger partial charge in [0.1, 0.15) is 22.6 Å². The number of ether oxygens (including phenoxy) is 2. The van der Waals surface area contributed by atoms with Crippen LogP contribution in [0.1, 0.15) is 25.5 Å². The van der Waals surface area contributed by atoms with Gasteiger partial charge in [-0.15, -0.1) is 0 Å². The molecule has 0 spiro atoms. The maximum atomic E-state index is 12.7. The number of para-hydroxylation sites is 1. The molecule has 0 heterocycles. The summed E-state index contributed by atoms with van der Waals surface area (Å²) in [5, 5.41) is 8.37. The quantitative estimate of drug-likeness (QED) is 0.458. The first-order chi connectivity index (χ1) is 15.0. The first-order valence-corrected chi connectivity index (χ1v) is 10.3. The molecule has 0 saturated heterocycles. The van der Waals surface area contributed by atoms with E-state index in [0.29, 0.717) is 17.1 Å². The lowest BCUT2D eigenvalue weighted by Crippen LogP contribution is -2.23. The van der Waals surface area contributed by atoms with Crippen LogP contribution in [-0.2, 0) is 9.53 Å². The highest BCUT2D eigenvalue weighted by molar-refractivity contribution is 6.30. The SMILES string of the molecule is CC12[C@H](/C=C(\Cl)C(F)(F)F)C1(C)[C@@H]2C(=O)O[C@H](C#N)c1cccc(Oc2ccccc2)c1. The molecule has 2 fully saturated rings. The van der Waals surface area contributed by atoms with Gasteiger partial charge in [0.25, 0.3) is 0 Å². The largest absolute Gasteiger partial charge is 0.457 e. The van der Waals surface area contributed by atoms with Gasteiger partial charge in [-0.3, -0.25) is 4.79 Å². The molecule has 166 valence electrons. The number of carbonyl (C=O) groups is 1. The first-order valence-electron chi connectivity index (χ1n) is 9.91. The van der Waals surface area contributed by atoms with Crippen LogP contribution in [0.2, 0.25) is 0 Å². The van der Waals surface area contributed by atoms with Crippen molar-refractivity contribution in [2.75, 3.05) is 0 Å². The topological polar surface area (TPSA) is 59.3 Å². The maximum Gasteiger partial charge on any atom is 0.426 e. The summed E-state index contributed by atoms with van der Waals surface area (Å²) in [7, 11) is 0. The van der Waals surface area contributed by atoms with Gasteiger partial charge in [0.15, 0.2) is 0 Å². The third-order valence-corrected chi connectivity index (χ3v) is 7.14. The average Bonchev–Trinajstić information content (AvgIpc) is 3.46. The summed E-state index contributed by atoms with van der Waals surface area (Å²) < 4.78 is 49.4. The summed E-state index contributed by atoms with van der Waals surface area (Å²) in [6.45, 7) is 3.46. The van der Waals surface area contributed by atoms with E-state index >= 15 is 0 Å². The lowest BCUT2D eigenvalue weighted by molar-refractivity contribution is -0.151. The number of hydrogen-bond donors (Lipinski definition) is 0. The minimum Gasteiger partial charge on any atom is -0.457 e. The number of carbonyl (C=O) groups excluding carboxylic acids is 1. The minimum atomic E-state index is -4.61. The molecule has 2 aliphatic rings. The van der Waals surface area contributed by atoms with Gasteiger partial charge in [-0.2, -0.15) is 18.4 Å². The second-order valence-electron chi connectivity index (χ2n) is 8.42. The van der Waals surface area contributed by atoms with Crippen LogP contribution < -0.4 is 4.74 Å². The standard InChI is InChI=1S/C24H19ClF3NO3/c1-22-18(12-19(25)24(26,27)28)23(22,2)20(22)21(30)32-17(13-29)14-7-6-10-16(11-14)31-15-8-4-3-5-9-15/h3-12,17-18,20H,1-2H3/b19-12-/t17-,18-,20+,22?,23?/m1/s1. The third-order valence-electron chi connectivity index (χ3n) is 6.80. The Morgan fingerprint density at radius 3 is 2.34 bits per heavy atom. The van der Waals surface area contributed by atoms with E-state index in [2.05, 4.69) is 0 Å². The zero-order valence-corrected chi connectivity index (χ0v) is 17.9. The summed E-state index contributed by atoms with van der Waals surface area (Å²) in [6, 6.07) is 17.7. The molecule has 0 bridgehead atoms. The van der Waals surface area contributed by atoms with Crippen molar-refractivity contribution in [2.45, 2.75) is 26.1 Å². The van der Waals surface area contributed by atoms with Gasteiger partial charge in [0.05, 0.1) is 5.92 Å². The highest BCUT2D eigenvalue weighted by atomic mass is 35.5. The van der Waals surface area contributed by atoms with Crippen LogP contribution in [0.4, 0.5) is 13.2 Å². The van der Waals surface area contributed by atoms with E-state index in [1.165, 1.54) is 0 Å². The maximum absolute atomic E-state index is 12.7. The van der Waals surface area contributed by atoms with Crippen molar-refractivity contribution in [1.29, 1.82) is 5.26 Å². The molecule has 0 aliphatic heterocycles. The second kappa shape index (κ2) is 7.56. The van der Waals surface area contributed by atoms with E-state index in [-0.39, 0.29) is 0 Å². The monoisotopic (exact) mass is 461 g/mol. The number of allylic oxidation sites excluding steroid dienone is 2. The van der Waals surface area contributed by atoms with Crippen molar-refractivity contribution in [3.63, 3.8) is 0 Å². The molecule has 8 heteroatoms. The van der Waals surface area contributed by atoms with Crippen molar-refractivity contribution < 1.29 is 27.4 Å². The molecule has 2 unspecified atom stereocenters. The molecule has 32 heavy (non-hydrogen) atoms. The Labute approximate surface area is 188 Å². The van der Waals surface area contributed by atoms with Gasteiger partial charge in [-0.1, -0.05) is 61.9 Å². The third kappa shape index (κ3) is 3.53. The average molecular weight is 462 g/mol. The molecule has 2 aromatic carbocycles. The van der Waals surface area contributed by atoms with Crippen molar-refractivity contribution in [2.24, 2.45) is 22.7 Å². The fraction of sp³-hybridized carbons (Fsp3) is 0.333. The van der Waals surface area contributed by atoms with Gasteiger partial charge in [0, 0.05) is 5.56 Å². The normalized spacial score (nSPS) is 29.3. The lowest BCUT2D eigenvalue weighted by atomic mass is 9.92. The van der Waals surface area contributed by atoms with Crippen LogP contribution in [0.15, 0.2) is 65.7 Å². The fourth-order valence-electron chi connectivity index (χ4n) is 4.81. The van der Waals surface area contributed by atoms with Gasteiger partial charge in [-0.05, 0) is 41.0 Å². The number of fused-ring (bicyclic) bond motifs is 1. The number of rotatable bonds is 6. The molecule has 3 atom stereocenters. The number of esters is 1. The Morgan fingerprint density at radius 1 is 1.12 bits per heavy atom. The lowest BCUT2D eigenvalue weighted by Gasteiger charge is -2.19. The molecule has 4 rings (SSSR count). The predicted molar refractivity (Wildman–Crippen MR) is 111 cm³/mol. The predicted octanol–water partition coefficient (Wildman–Crippen LogP) is 6.54. The van der Waals surface area contributed by atoms with Crippen LogP contribution in [-0.4, -0.2) is 12.1 Å². The molecule has 0 aromatic heterocycles. The molecule has 2 aliphatic carbocycles. The zero-order chi connectivity index (χ0) is 23.3. The summed E-state index contributed by atoms with van der Waals surface area (Å²) >= 11 is 5.35. The Bertz CT molecular complexity index is 1110. The molecular formula is C24H19ClF3NO3.